The summed E-state index contributed by atoms with van der Waals surface area (Å²) in [5, 5.41) is 1.15. The van der Waals surface area contributed by atoms with Crippen LogP contribution in [-0.2, 0) is 11.3 Å². The molecule has 3 heterocycles. The van der Waals surface area contributed by atoms with Crippen molar-refractivity contribution in [2.75, 3.05) is 51.9 Å². The number of benzene rings is 2. The van der Waals surface area contributed by atoms with Gasteiger partial charge >= 0.3 is 0 Å². The van der Waals surface area contributed by atoms with E-state index in [1.54, 1.807) is 13.4 Å². The van der Waals surface area contributed by atoms with Gasteiger partial charge in [0.1, 0.15) is 11.3 Å². The van der Waals surface area contributed by atoms with Crippen molar-refractivity contribution in [2.24, 2.45) is 0 Å². The summed E-state index contributed by atoms with van der Waals surface area (Å²) >= 11 is 0. The third kappa shape index (κ3) is 2.95. The molecule has 1 atom stereocenters. The number of likely N-dealkylation sites (N-methyl/N-ethyl adjacent to an activating group) is 1. The normalized spacial score (nSPS) is 20.4. The molecule has 5 heteroatoms. The molecule has 0 N–H and O–H groups in total. The molecule has 3 aromatic rings. The van der Waals surface area contributed by atoms with E-state index in [0.29, 0.717) is 5.92 Å². The first-order valence-corrected chi connectivity index (χ1v) is 9.93. The molecule has 0 amide bonds. The minimum Gasteiger partial charge on any atom is -0.494 e. The molecule has 1 aromatic heterocycles. The van der Waals surface area contributed by atoms with E-state index in [2.05, 4.69) is 47.2 Å². The summed E-state index contributed by atoms with van der Waals surface area (Å²) in [6, 6.07) is 13.1. The second-order valence-electron chi connectivity index (χ2n) is 7.75. The van der Waals surface area contributed by atoms with E-state index in [-0.39, 0.29) is 0 Å². The summed E-state index contributed by atoms with van der Waals surface area (Å²) in [4.78, 5) is 4.76. The topological polar surface area (TPSA) is 38.1 Å². The lowest BCUT2D eigenvalue weighted by Crippen LogP contribution is -2.37. The molecular formula is C23H26N2O3. The van der Waals surface area contributed by atoms with Gasteiger partial charge < -0.3 is 23.7 Å². The fourth-order valence-electron chi connectivity index (χ4n) is 4.62. The Morgan fingerprint density at radius 3 is 2.75 bits per heavy atom. The Morgan fingerprint density at radius 1 is 1.07 bits per heavy atom. The summed E-state index contributed by atoms with van der Waals surface area (Å²) in [6.45, 7) is 5.24. The van der Waals surface area contributed by atoms with Gasteiger partial charge in [-0.15, -0.1) is 0 Å². The zero-order valence-corrected chi connectivity index (χ0v) is 16.5. The fraction of sp³-hybridized carbons (Fsp3) is 0.391. The van der Waals surface area contributed by atoms with Gasteiger partial charge in [0.05, 0.1) is 32.3 Å². The first-order valence-electron chi connectivity index (χ1n) is 9.93. The van der Waals surface area contributed by atoms with Gasteiger partial charge in [0.25, 0.3) is 0 Å². The van der Waals surface area contributed by atoms with Crippen molar-refractivity contribution in [3.63, 3.8) is 0 Å². The highest BCUT2D eigenvalue weighted by atomic mass is 16.5. The predicted octanol–water partition coefficient (Wildman–Crippen LogP) is 3.86. The Bertz CT molecular complexity index is 991. The first-order chi connectivity index (χ1) is 13.7. The molecule has 2 aliphatic rings. The van der Waals surface area contributed by atoms with E-state index >= 15 is 0 Å². The maximum absolute atomic E-state index is 5.96. The largest absolute Gasteiger partial charge is 0.494 e. The van der Waals surface area contributed by atoms with Crippen LogP contribution < -0.4 is 9.64 Å². The summed E-state index contributed by atoms with van der Waals surface area (Å²) in [5.74, 6) is 1.31. The molecule has 5 rings (SSSR count). The summed E-state index contributed by atoms with van der Waals surface area (Å²) < 4.78 is 17.1. The van der Waals surface area contributed by atoms with Crippen LogP contribution in [0.25, 0.3) is 11.0 Å². The van der Waals surface area contributed by atoms with Gasteiger partial charge in [-0.2, -0.15) is 0 Å². The highest BCUT2D eigenvalue weighted by Gasteiger charge is 2.30. The van der Waals surface area contributed by atoms with Crippen LogP contribution in [0.4, 0.5) is 5.69 Å². The molecule has 2 aromatic carbocycles. The number of morpholine rings is 1. The zero-order valence-electron chi connectivity index (χ0n) is 16.5. The number of hydrogen-bond donors (Lipinski definition) is 0. The first kappa shape index (κ1) is 17.6. The van der Waals surface area contributed by atoms with Crippen LogP contribution in [0.2, 0.25) is 0 Å². The Labute approximate surface area is 165 Å². The maximum atomic E-state index is 5.96. The van der Waals surface area contributed by atoms with Gasteiger partial charge in [0.15, 0.2) is 0 Å². The molecule has 0 spiro atoms. The van der Waals surface area contributed by atoms with E-state index in [0.717, 1.165) is 56.1 Å². The van der Waals surface area contributed by atoms with Crippen molar-refractivity contribution < 1.29 is 13.9 Å². The van der Waals surface area contributed by atoms with Crippen molar-refractivity contribution in [2.45, 2.75) is 12.5 Å². The highest BCUT2D eigenvalue weighted by Crippen LogP contribution is 2.43. The van der Waals surface area contributed by atoms with Crippen molar-refractivity contribution in [1.29, 1.82) is 0 Å². The van der Waals surface area contributed by atoms with Gasteiger partial charge in [-0.25, -0.2) is 0 Å². The third-order valence-electron chi connectivity index (χ3n) is 6.01. The predicted molar refractivity (Wildman–Crippen MR) is 110 cm³/mol. The Morgan fingerprint density at radius 2 is 1.93 bits per heavy atom. The Kier molecular flexibility index (Phi) is 4.49. The quantitative estimate of drug-likeness (QED) is 0.692. The minimum absolute atomic E-state index is 0.302. The van der Waals surface area contributed by atoms with E-state index < -0.39 is 0 Å². The number of hydrogen-bond acceptors (Lipinski definition) is 5. The molecule has 5 nitrogen and oxygen atoms in total. The number of rotatable bonds is 3. The summed E-state index contributed by atoms with van der Waals surface area (Å²) in [5.41, 5.74) is 6.07. The molecule has 146 valence electrons. The SMILES string of the molecule is COc1c(N2CCOCC2)ccc2c1CN(C)CC2c1ccc2ccoc2c1. The van der Waals surface area contributed by atoms with Crippen LogP contribution in [0.5, 0.6) is 5.75 Å². The van der Waals surface area contributed by atoms with Crippen molar-refractivity contribution in [3.8, 4) is 5.75 Å². The number of ether oxygens (including phenoxy) is 2. The number of fused-ring (bicyclic) bond motifs is 2. The Balaban J connectivity index is 1.60. The van der Waals surface area contributed by atoms with E-state index in [4.69, 9.17) is 13.9 Å². The molecule has 1 saturated heterocycles. The van der Waals surface area contributed by atoms with Gasteiger partial charge in [-0.05, 0) is 36.4 Å². The average Bonchev–Trinajstić information content (AvgIpc) is 3.20. The summed E-state index contributed by atoms with van der Waals surface area (Å²) in [6.07, 6.45) is 1.76. The molecule has 0 saturated carbocycles. The fourth-order valence-corrected chi connectivity index (χ4v) is 4.62. The molecule has 0 bridgehead atoms. The lowest BCUT2D eigenvalue weighted by molar-refractivity contribution is 0.122. The number of anilines is 1. The molecular weight excluding hydrogens is 352 g/mol. The number of nitrogens with zero attached hydrogens (tertiary/aromatic N) is 2. The van der Waals surface area contributed by atoms with E-state index in [9.17, 15) is 0 Å². The third-order valence-corrected chi connectivity index (χ3v) is 6.01. The van der Waals surface area contributed by atoms with Crippen molar-refractivity contribution >= 4 is 16.7 Å². The van der Waals surface area contributed by atoms with Crippen LogP contribution in [0.1, 0.15) is 22.6 Å². The lowest BCUT2D eigenvalue weighted by Gasteiger charge is -2.36. The van der Waals surface area contributed by atoms with Crippen LogP contribution >= 0.6 is 0 Å². The standard InChI is InChI=1S/C23H26N2O3/c1-24-14-19(17-4-3-16-7-10-28-22(16)13-17)18-5-6-21(23(26-2)20(18)15-24)25-8-11-27-12-9-25/h3-7,10,13,19H,8-9,11-12,14-15H2,1-2H3. The van der Waals surface area contributed by atoms with Gasteiger partial charge in [-0.3, -0.25) is 0 Å². The van der Waals surface area contributed by atoms with Crippen molar-refractivity contribution in [3.05, 3.63) is 59.4 Å². The lowest BCUT2D eigenvalue weighted by atomic mass is 9.83. The zero-order chi connectivity index (χ0) is 19.1. The smallest absolute Gasteiger partial charge is 0.146 e. The van der Waals surface area contributed by atoms with Crippen LogP contribution in [-0.4, -0.2) is 51.9 Å². The monoisotopic (exact) mass is 378 g/mol. The molecule has 1 fully saturated rings. The maximum Gasteiger partial charge on any atom is 0.146 e. The van der Waals surface area contributed by atoms with Crippen LogP contribution in [0.15, 0.2) is 47.1 Å². The van der Waals surface area contributed by atoms with Crippen LogP contribution in [0, 0.1) is 0 Å². The van der Waals surface area contributed by atoms with Crippen molar-refractivity contribution in [1.82, 2.24) is 4.90 Å². The minimum atomic E-state index is 0.302. The number of methoxy groups -OCH3 is 1. The molecule has 2 aliphatic heterocycles. The van der Waals surface area contributed by atoms with Crippen LogP contribution in [0.3, 0.4) is 0 Å². The molecule has 0 aliphatic carbocycles. The van der Waals surface area contributed by atoms with Gasteiger partial charge in [0, 0.05) is 43.0 Å². The van der Waals surface area contributed by atoms with E-state index in [1.807, 2.05) is 6.07 Å². The second-order valence-corrected chi connectivity index (χ2v) is 7.75. The highest BCUT2D eigenvalue weighted by molar-refractivity contribution is 5.78. The molecule has 28 heavy (non-hydrogen) atoms. The average molecular weight is 378 g/mol. The second kappa shape index (κ2) is 7.15. The van der Waals surface area contributed by atoms with Gasteiger partial charge in [0.2, 0.25) is 0 Å². The molecule has 1 unspecified atom stereocenters. The summed E-state index contributed by atoms with van der Waals surface area (Å²) in [7, 11) is 3.97. The Hall–Kier alpha value is -2.50. The number of furan rings is 1. The molecule has 0 radical (unpaired) electrons. The van der Waals surface area contributed by atoms with E-state index in [1.165, 1.54) is 22.4 Å². The van der Waals surface area contributed by atoms with Gasteiger partial charge in [-0.1, -0.05) is 18.2 Å².